The Kier molecular flexibility index (Phi) is 3.97. The first-order valence-corrected chi connectivity index (χ1v) is 6.55. The molecule has 2 aromatic rings. The lowest BCUT2D eigenvalue weighted by Gasteiger charge is -2.22. The summed E-state index contributed by atoms with van der Waals surface area (Å²) in [4.78, 5) is 11.4. The zero-order chi connectivity index (χ0) is 13.0. The second kappa shape index (κ2) is 5.67. The molecule has 4 nitrogen and oxygen atoms in total. The largest absolute Gasteiger partial charge is 0.356 e. The molecule has 0 saturated carbocycles. The van der Waals surface area contributed by atoms with Crippen LogP contribution in [0, 0.1) is 0 Å². The van der Waals surface area contributed by atoms with Gasteiger partial charge in [0.1, 0.15) is 5.82 Å². The topological polar surface area (TPSA) is 41.1 Å². The molecular weight excluding hydrogens is 224 g/mol. The highest BCUT2D eigenvalue weighted by atomic mass is 15.2. The second-order valence-electron chi connectivity index (χ2n) is 4.09. The third-order valence-corrected chi connectivity index (χ3v) is 2.98. The highest BCUT2D eigenvalue weighted by molar-refractivity contribution is 5.90. The zero-order valence-electron chi connectivity index (χ0n) is 11.3. The smallest absolute Gasteiger partial charge is 0.225 e. The number of aromatic nitrogens is 2. The Bertz CT molecular complexity index is 520. The minimum atomic E-state index is 0.707. The Hall–Kier alpha value is -1.84. The van der Waals surface area contributed by atoms with Crippen LogP contribution in [0.25, 0.3) is 10.9 Å². The van der Waals surface area contributed by atoms with Crippen molar-refractivity contribution in [2.45, 2.75) is 20.8 Å². The number of anilines is 2. The minimum Gasteiger partial charge on any atom is -0.356 e. The van der Waals surface area contributed by atoms with Gasteiger partial charge in [-0.05, 0) is 32.9 Å². The molecule has 2 rings (SSSR count). The molecule has 0 aliphatic rings. The Morgan fingerprint density at radius 3 is 2.44 bits per heavy atom. The van der Waals surface area contributed by atoms with Gasteiger partial charge in [-0.1, -0.05) is 12.1 Å². The maximum Gasteiger partial charge on any atom is 0.225 e. The third-order valence-electron chi connectivity index (χ3n) is 2.98. The Morgan fingerprint density at radius 1 is 1.06 bits per heavy atom. The molecule has 96 valence electrons. The highest BCUT2D eigenvalue weighted by Gasteiger charge is 2.11. The van der Waals surface area contributed by atoms with Crippen LogP contribution in [0.5, 0.6) is 0 Å². The van der Waals surface area contributed by atoms with E-state index in [1.54, 1.807) is 0 Å². The van der Waals surface area contributed by atoms with E-state index in [4.69, 9.17) is 0 Å². The van der Waals surface area contributed by atoms with E-state index < -0.39 is 0 Å². The number of benzene rings is 1. The van der Waals surface area contributed by atoms with Crippen molar-refractivity contribution in [2.24, 2.45) is 0 Å². The molecular formula is C14H20N4. The van der Waals surface area contributed by atoms with Crippen LogP contribution >= 0.6 is 0 Å². The van der Waals surface area contributed by atoms with Crippen LogP contribution in [-0.2, 0) is 0 Å². The van der Waals surface area contributed by atoms with Gasteiger partial charge in [-0.3, -0.25) is 0 Å². The molecule has 0 spiro atoms. The van der Waals surface area contributed by atoms with E-state index in [2.05, 4.69) is 47.0 Å². The molecule has 1 heterocycles. The van der Waals surface area contributed by atoms with Gasteiger partial charge in [0.25, 0.3) is 0 Å². The van der Waals surface area contributed by atoms with Crippen LogP contribution < -0.4 is 10.2 Å². The summed E-state index contributed by atoms with van der Waals surface area (Å²) >= 11 is 0. The molecule has 1 N–H and O–H groups in total. The summed E-state index contributed by atoms with van der Waals surface area (Å²) in [7, 11) is 0. The number of nitrogens with one attached hydrogen (secondary N) is 1. The first-order valence-electron chi connectivity index (χ1n) is 6.55. The Labute approximate surface area is 108 Å². The maximum atomic E-state index is 4.64. The molecule has 0 unspecified atom stereocenters. The summed E-state index contributed by atoms with van der Waals surface area (Å²) in [6, 6.07) is 8.16. The first kappa shape index (κ1) is 12.6. The molecule has 0 aliphatic heterocycles. The first-order chi connectivity index (χ1) is 8.80. The van der Waals surface area contributed by atoms with Gasteiger partial charge in [-0.25, -0.2) is 4.98 Å². The zero-order valence-corrected chi connectivity index (χ0v) is 11.3. The lowest BCUT2D eigenvalue weighted by Crippen LogP contribution is -2.24. The number of nitrogens with zero attached hydrogens (tertiary/aromatic N) is 3. The fraction of sp³-hybridized carbons (Fsp3) is 0.429. The molecule has 0 amide bonds. The highest BCUT2D eigenvalue weighted by Crippen LogP contribution is 2.24. The summed E-state index contributed by atoms with van der Waals surface area (Å²) in [5, 5.41) is 4.31. The quantitative estimate of drug-likeness (QED) is 0.878. The molecule has 0 aliphatic carbocycles. The summed E-state index contributed by atoms with van der Waals surface area (Å²) in [6.45, 7) is 9.07. The van der Waals surface area contributed by atoms with Crippen LogP contribution in [0.3, 0.4) is 0 Å². The molecule has 4 heteroatoms. The fourth-order valence-electron chi connectivity index (χ4n) is 2.06. The lowest BCUT2D eigenvalue weighted by atomic mass is 10.2. The number of fused-ring (bicyclic) bond motifs is 1. The van der Waals surface area contributed by atoms with E-state index in [0.717, 1.165) is 36.4 Å². The van der Waals surface area contributed by atoms with Crippen molar-refractivity contribution >= 4 is 22.7 Å². The molecule has 0 atom stereocenters. The van der Waals surface area contributed by atoms with Gasteiger partial charge in [-0.2, -0.15) is 4.98 Å². The second-order valence-corrected chi connectivity index (χ2v) is 4.09. The van der Waals surface area contributed by atoms with Gasteiger partial charge in [0.05, 0.1) is 5.52 Å². The van der Waals surface area contributed by atoms with E-state index in [0.29, 0.717) is 5.95 Å². The van der Waals surface area contributed by atoms with Crippen molar-refractivity contribution in [3.63, 3.8) is 0 Å². The molecule has 0 saturated heterocycles. The van der Waals surface area contributed by atoms with Crippen molar-refractivity contribution < 1.29 is 0 Å². The number of rotatable bonds is 5. The van der Waals surface area contributed by atoms with Crippen LogP contribution in [0.15, 0.2) is 24.3 Å². The summed E-state index contributed by atoms with van der Waals surface area (Å²) < 4.78 is 0. The monoisotopic (exact) mass is 244 g/mol. The fourth-order valence-corrected chi connectivity index (χ4v) is 2.06. The summed E-state index contributed by atoms with van der Waals surface area (Å²) in [5.74, 6) is 1.72. The normalized spacial score (nSPS) is 10.6. The predicted octanol–water partition coefficient (Wildman–Crippen LogP) is 2.91. The van der Waals surface area contributed by atoms with Crippen molar-refractivity contribution in [1.29, 1.82) is 0 Å². The SMILES string of the molecule is CCNc1nc(N(CC)CC)c2ccccc2n1. The molecule has 0 radical (unpaired) electrons. The predicted molar refractivity (Wildman–Crippen MR) is 77.3 cm³/mol. The minimum absolute atomic E-state index is 0.707. The number of hydrogen-bond acceptors (Lipinski definition) is 4. The van der Waals surface area contributed by atoms with Crippen molar-refractivity contribution in [3.05, 3.63) is 24.3 Å². The molecule has 0 bridgehead atoms. The van der Waals surface area contributed by atoms with E-state index >= 15 is 0 Å². The van der Waals surface area contributed by atoms with E-state index in [-0.39, 0.29) is 0 Å². The molecule has 0 fully saturated rings. The number of para-hydroxylation sites is 1. The Morgan fingerprint density at radius 2 is 1.78 bits per heavy atom. The van der Waals surface area contributed by atoms with Crippen LogP contribution in [0.4, 0.5) is 11.8 Å². The van der Waals surface area contributed by atoms with Gasteiger partial charge in [0.15, 0.2) is 0 Å². The van der Waals surface area contributed by atoms with Crippen molar-refractivity contribution in [1.82, 2.24) is 9.97 Å². The third kappa shape index (κ3) is 2.37. The lowest BCUT2D eigenvalue weighted by molar-refractivity contribution is 0.848. The van der Waals surface area contributed by atoms with Crippen LogP contribution in [0.2, 0.25) is 0 Å². The van der Waals surface area contributed by atoms with Gasteiger partial charge >= 0.3 is 0 Å². The molecule has 18 heavy (non-hydrogen) atoms. The van der Waals surface area contributed by atoms with E-state index in [1.165, 1.54) is 0 Å². The van der Waals surface area contributed by atoms with Gasteiger partial charge in [0, 0.05) is 25.0 Å². The Balaban J connectivity index is 2.59. The van der Waals surface area contributed by atoms with Gasteiger partial charge < -0.3 is 10.2 Å². The van der Waals surface area contributed by atoms with Crippen LogP contribution in [0.1, 0.15) is 20.8 Å². The van der Waals surface area contributed by atoms with Crippen molar-refractivity contribution in [2.75, 3.05) is 29.9 Å². The summed E-state index contributed by atoms with van der Waals surface area (Å²) in [6.07, 6.45) is 0. The van der Waals surface area contributed by atoms with Gasteiger partial charge in [-0.15, -0.1) is 0 Å². The van der Waals surface area contributed by atoms with E-state index in [9.17, 15) is 0 Å². The average molecular weight is 244 g/mol. The van der Waals surface area contributed by atoms with Crippen LogP contribution in [-0.4, -0.2) is 29.6 Å². The maximum absolute atomic E-state index is 4.64. The standard InChI is InChI=1S/C14H20N4/c1-4-15-14-16-12-10-8-7-9-11(12)13(17-14)18(5-2)6-3/h7-10H,4-6H2,1-3H3,(H,15,16,17). The number of hydrogen-bond donors (Lipinski definition) is 1. The van der Waals surface area contributed by atoms with E-state index in [1.807, 2.05) is 18.2 Å². The van der Waals surface area contributed by atoms with Crippen molar-refractivity contribution in [3.8, 4) is 0 Å². The summed E-state index contributed by atoms with van der Waals surface area (Å²) in [5.41, 5.74) is 0.991. The van der Waals surface area contributed by atoms with Gasteiger partial charge in [0.2, 0.25) is 5.95 Å². The molecule has 1 aromatic carbocycles. The molecule has 1 aromatic heterocycles. The average Bonchev–Trinajstić information content (AvgIpc) is 2.40.